The van der Waals surface area contributed by atoms with E-state index in [1.165, 1.54) is 18.0 Å². The second-order valence-corrected chi connectivity index (χ2v) is 6.18. The van der Waals surface area contributed by atoms with Crippen LogP contribution in [0.4, 0.5) is 0 Å². The lowest BCUT2D eigenvalue weighted by Gasteiger charge is -2.09. The number of carbonyl (C=O) groups is 1. The van der Waals surface area contributed by atoms with Crippen molar-refractivity contribution < 1.29 is 4.79 Å². The average molecular weight is 358 g/mol. The molecule has 1 aromatic carbocycles. The Morgan fingerprint density at radius 2 is 2.12 bits per heavy atom. The Kier molecular flexibility index (Phi) is 4.51. The van der Waals surface area contributed by atoms with Gasteiger partial charge in [0.2, 0.25) is 5.78 Å². The van der Waals surface area contributed by atoms with Crippen LogP contribution >= 0.6 is 23.4 Å². The number of benzene rings is 1. The summed E-state index contributed by atoms with van der Waals surface area (Å²) in [7, 11) is 1.77. The predicted molar refractivity (Wildman–Crippen MR) is 92.2 cm³/mol. The number of rotatable bonds is 4. The molecule has 0 saturated carbocycles. The van der Waals surface area contributed by atoms with Crippen LogP contribution in [0.1, 0.15) is 22.2 Å². The van der Waals surface area contributed by atoms with Crippen molar-refractivity contribution in [2.75, 3.05) is 6.26 Å². The van der Waals surface area contributed by atoms with Crippen molar-refractivity contribution in [3.05, 3.63) is 47.0 Å². The van der Waals surface area contributed by atoms with E-state index in [9.17, 15) is 10.1 Å². The topological polar surface area (TPSA) is 84.5 Å². The van der Waals surface area contributed by atoms with Crippen LogP contribution in [-0.4, -0.2) is 31.6 Å². The number of aryl methyl sites for hydroxylation is 1. The van der Waals surface area contributed by atoms with Crippen LogP contribution in [0.2, 0.25) is 5.02 Å². The molecule has 0 saturated heterocycles. The van der Waals surface area contributed by atoms with E-state index in [4.69, 9.17) is 11.6 Å². The minimum atomic E-state index is -1.09. The van der Waals surface area contributed by atoms with Gasteiger partial charge in [-0.1, -0.05) is 35.5 Å². The molecule has 0 aliphatic rings. The number of halogens is 1. The molecule has 120 valence electrons. The second-order valence-electron chi connectivity index (χ2n) is 5.00. The average Bonchev–Trinajstić information content (AvgIpc) is 2.93. The van der Waals surface area contributed by atoms with Gasteiger partial charge >= 0.3 is 0 Å². The maximum atomic E-state index is 12.8. The maximum absolute atomic E-state index is 12.8. The van der Waals surface area contributed by atoms with Gasteiger partial charge in [0.05, 0.1) is 28.3 Å². The smallest absolute Gasteiger partial charge is 0.207 e. The molecule has 6 nitrogen and oxygen atoms in total. The minimum absolute atomic E-state index is 0.0367. The zero-order valence-electron chi connectivity index (χ0n) is 12.9. The lowest BCUT2D eigenvalue weighted by Crippen LogP contribution is -2.17. The van der Waals surface area contributed by atoms with Crippen LogP contribution in [0, 0.1) is 11.3 Å². The molecule has 0 N–H and O–H groups in total. The van der Waals surface area contributed by atoms with E-state index in [1.54, 1.807) is 17.9 Å². The number of Topliss-reactive ketones (excluding diaryl/α,β-unsaturated/α-hetero) is 1. The summed E-state index contributed by atoms with van der Waals surface area (Å²) in [5.41, 5.74) is 1.61. The summed E-state index contributed by atoms with van der Waals surface area (Å²) >= 11 is 7.36. The lowest BCUT2D eigenvalue weighted by atomic mass is 10.0. The van der Waals surface area contributed by atoms with Gasteiger partial charge in [-0.05, 0) is 18.4 Å². The first-order chi connectivity index (χ1) is 11.6. The van der Waals surface area contributed by atoms with Crippen molar-refractivity contribution in [2.45, 2.75) is 11.1 Å². The molecule has 2 aromatic heterocycles. The highest BCUT2D eigenvalue weighted by Gasteiger charge is 2.29. The first kappa shape index (κ1) is 16.4. The number of hydrogen-bond donors (Lipinski definition) is 0. The van der Waals surface area contributed by atoms with E-state index >= 15 is 0 Å². The highest BCUT2D eigenvalue weighted by Crippen LogP contribution is 2.26. The standard InChI is InChI=1S/C16H12ClN5OS/c1-22-12-6-4-3-5-11(12)20-15(22)9(7-18)14(23)13-10(17)8-19-16(21-13)24-2/h3-6,8-9H,1-2H3/t9-/m1/s1. The van der Waals surface area contributed by atoms with E-state index in [1.807, 2.05) is 30.3 Å². The molecular weight excluding hydrogens is 346 g/mol. The molecule has 0 amide bonds. The van der Waals surface area contributed by atoms with Crippen molar-refractivity contribution in [2.24, 2.45) is 7.05 Å². The van der Waals surface area contributed by atoms with Gasteiger partial charge in [-0.25, -0.2) is 15.0 Å². The van der Waals surface area contributed by atoms with Gasteiger partial charge in [-0.3, -0.25) is 4.79 Å². The van der Waals surface area contributed by atoms with Crippen LogP contribution in [0.3, 0.4) is 0 Å². The minimum Gasteiger partial charge on any atom is -0.330 e. The molecule has 2 heterocycles. The number of aromatic nitrogens is 4. The molecule has 0 spiro atoms. The third-order valence-electron chi connectivity index (χ3n) is 3.61. The summed E-state index contributed by atoms with van der Waals surface area (Å²) in [5, 5.41) is 10.1. The van der Waals surface area contributed by atoms with Gasteiger partial charge in [-0.2, -0.15) is 5.26 Å². The number of carbonyl (C=O) groups excluding carboxylic acids is 1. The van der Waals surface area contributed by atoms with Gasteiger partial charge in [0.15, 0.2) is 11.1 Å². The molecule has 0 fully saturated rings. The Bertz CT molecular complexity index is 978. The number of ketones is 1. The zero-order valence-corrected chi connectivity index (χ0v) is 14.5. The normalized spacial score (nSPS) is 12.1. The molecule has 0 aliphatic heterocycles. The summed E-state index contributed by atoms with van der Waals surface area (Å²) in [4.78, 5) is 25.4. The number of thioether (sulfide) groups is 1. The van der Waals surface area contributed by atoms with Crippen LogP contribution in [0.5, 0.6) is 0 Å². The van der Waals surface area contributed by atoms with E-state index in [0.29, 0.717) is 11.0 Å². The molecule has 3 rings (SSSR count). The summed E-state index contributed by atoms with van der Waals surface area (Å²) in [6.07, 6.45) is 3.17. The number of hydrogen-bond acceptors (Lipinski definition) is 6. The number of para-hydroxylation sites is 2. The molecule has 0 radical (unpaired) electrons. The third kappa shape index (κ3) is 2.75. The van der Waals surface area contributed by atoms with Gasteiger partial charge in [-0.15, -0.1) is 0 Å². The molecule has 0 unspecified atom stereocenters. The molecular formula is C16H12ClN5OS. The maximum Gasteiger partial charge on any atom is 0.207 e. The molecule has 8 heteroatoms. The summed E-state index contributed by atoms with van der Waals surface area (Å²) in [6, 6.07) is 9.48. The van der Waals surface area contributed by atoms with E-state index in [2.05, 4.69) is 15.0 Å². The fourth-order valence-electron chi connectivity index (χ4n) is 2.41. The Hall–Kier alpha value is -2.43. The quantitative estimate of drug-likeness (QED) is 0.405. The van der Waals surface area contributed by atoms with Crippen molar-refractivity contribution in [3.8, 4) is 6.07 Å². The molecule has 1 atom stereocenters. The Morgan fingerprint density at radius 1 is 1.38 bits per heavy atom. The summed E-state index contributed by atoms with van der Waals surface area (Å²) in [5.74, 6) is -1.22. The Morgan fingerprint density at radius 3 is 2.79 bits per heavy atom. The number of nitriles is 1. The van der Waals surface area contributed by atoms with E-state index < -0.39 is 11.7 Å². The second kappa shape index (κ2) is 6.59. The zero-order chi connectivity index (χ0) is 17.3. The van der Waals surface area contributed by atoms with Crippen LogP contribution in [0.25, 0.3) is 11.0 Å². The lowest BCUT2D eigenvalue weighted by molar-refractivity contribution is 0.0969. The number of nitrogens with zero attached hydrogens (tertiary/aromatic N) is 5. The first-order valence-electron chi connectivity index (χ1n) is 6.98. The monoisotopic (exact) mass is 357 g/mol. The molecule has 0 aliphatic carbocycles. The van der Waals surface area contributed by atoms with Crippen molar-refractivity contribution >= 4 is 40.2 Å². The van der Waals surface area contributed by atoms with Gasteiger partial charge in [0, 0.05) is 7.05 Å². The largest absolute Gasteiger partial charge is 0.330 e. The van der Waals surface area contributed by atoms with Gasteiger partial charge in [0.1, 0.15) is 11.5 Å². The van der Waals surface area contributed by atoms with Crippen LogP contribution in [0.15, 0.2) is 35.6 Å². The van der Waals surface area contributed by atoms with Crippen molar-refractivity contribution in [3.63, 3.8) is 0 Å². The Balaban J connectivity index is 2.10. The molecule has 3 aromatic rings. The first-order valence-corrected chi connectivity index (χ1v) is 8.58. The molecule has 24 heavy (non-hydrogen) atoms. The highest BCUT2D eigenvalue weighted by atomic mass is 35.5. The van der Waals surface area contributed by atoms with Gasteiger partial charge in [0.25, 0.3) is 0 Å². The fourth-order valence-corrected chi connectivity index (χ4v) is 2.94. The SMILES string of the molecule is CSc1ncc(Cl)c(C(=O)[C@@H](C#N)c2nc3ccccc3n2C)n1. The van der Waals surface area contributed by atoms with Crippen LogP contribution in [-0.2, 0) is 7.05 Å². The number of imidazole rings is 1. The molecule has 0 bridgehead atoms. The van der Waals surface area contributed by atoms with E-state index in [-0.39, 0.29) is 10.7 Å². The predicted octanol–water partition coefficient (Wildman–Crippen LogP) is 3.23. The van der Waals surface area contributed by atoms with E-state index in [0.717, 1.165) is 11.0 Å². The number of fused-ring (bicyclic) bond motifs is 1. The third-order valence-corrected chi connectivity index (χ3v) is 4.45. The fraction of sp³-hybridized carbons (Fsp3) is 0.188. The van der Waals surface area contributed by atoms with Crippen LogP contribution < -0.4 is 0 Å². The highest BCUT2D eigenvalue weighted by molar-refractivity contribution is 7.98. The van der Waals surface area contributed by atoms with Gasteiger partial charge < -0.3 is 4.57 Å². The Labute approximate surface area is 147 Å². The summed E-state index contributed by atoms with van der Waals surface area (Å²) < 4.78 is 1.74. The summed E-state index contributed by atoms with van der Waals surface area (Å²) in [6.45, 7) is 0. The van der Waals surface area contributed by atoms with Crippen molar-refractivity contribution in [1.29, 1.82) is 5.26 Å². The van der Waals surface area contributed by atoms with Crippen molar-refractivity contribution in [1.82, 2.24) is 19.5 Å².